The molecule has 1 atom stereocenters. The molecule has 0 bridgehead atoms. The average Bonchev–Trinajstić information content (AvgIpc) is 2.28. The topological polar surface area (TPSA) is 63.2 Å². The Morgan fingerprint density at radius 1 is 1.43 bits per heavy atom. The van der Waals surface area contributed by atoms with Crippen molar-refractivity contribution in [2.45, 2.75) is 44.0 Å². The second kappa shape index (κ2) is 6.26. The average molecular weight is 395 g/mol. The zero-order valence-electron chi connectivity index (χ0n) is 11.8. The maximum absolute atomic E-state index is 12.4. The third-order valence-corrected chi connectivity index (χ3v) is 6.22. The lowest BCUT2D eigenvalue weighted by Gasteiger charge is -2.32. The van der Waals surface area contributed by atoms with Crippen molar-refractivity contribution in [2.24, 2.45) is 5.92 Å². The summed E-state index contributed by atoms with van der Waals surface area (Å²) in [5.74, 6) is 0.243. The molecule has 1 aromatic rings. The summed E-state index contributed by atoms with van der Waals surface area (Å²) in [6.07, 6.45) is 3.45. The Morgan fingerprint density at radius 3 is 2.52 bits per heavy atom. The Morgan fingerprint density at radius 2 is 2.05 bits per heavy atom. The number of rotatable bonds is 4. The molecule has 1 unspecified atom stereocenters. The van der Waals surface area contributed by atoms with Gasteiger partial charge < -0.3 is 5.32 Å². The number of nitrogens with one attached hydrogen (secondary N) is 1. The normalized spacial score (nSPS) is 17.1. The van der Waals surface area contributed by atoms with E-state index >= 15 is 0 Å². The molecule has 0 heterocycles. The SMILES string of the molecule is Cc1c(Br)cc(S(=O)(=O)Cl)cc1C(=O)NC(C)C1CCC1. The lowest BCUT2D eigenvalue weighted by atomic mass is 9.80. The largest absolute Gasteiger partial charge is 0.349 e. The van der Waals surface area contributed by atoms with Crippen LogP contribution in [0.1, 0.15) is 42.1 Å². The molecule has 2 rings (SSSR count). The van der Waals surface area contributed by atoms with Crippen LogP contribution in [-0.2, 0) is 9.05 Å². The van der Waals surface area contributed by atoms with Crippen molar-refractivity contribution in [1.82, 2.24) is 5.32 Å². The van der Waals surface area contributed by atoms with Gasteiger partial charge in [0, 0.05) is 26.8 Å². The summed E-state index contributed by atoms with van der Waals surface area (Å²) in [6, 6.07) is 2.82. The van der Waals surface area contributed by atoms with Crippen molar-refractivity contribution in [3.05, 3.63) is 27.7 Å². The third-order valence-electron chi connectivity index (χ3n) is 4.06. The van der Waals surface area contributed by atoms with Gasteiger partial charge in [0.25, 0.3) is 15.0 Å². The summed E-state index contributed by atoms with van der Waals surface area (Å²) in [5.41, 5.74) is 1.02. The van der Waals surface area contributed by atoms with Crippen LogP contribution in [0.5, 0.6) is 0 Å². The molecule has 1 amide bonds. The quantitative estimate of drug-likeness (QED) is 0.794. The number of amides is 1. The standard InChI is InChI=1S/C14H17BrClNO3S/c1-8-12(6-11(7-13(8)15)21(16,19)20)14(18)17-9(2)10-4-3-5-10/h6-7,9-10H,3-5H2,1-2H3,(H,17,18). The van der Waals surface area contributed by atoms with Crippen molar-refractivity contribution in [1.29, 1.82) is 0 Å². The molecule has 1 saturated carbocycles. The molecule has 0 saturated heterocycles. The molecule has 4 nitrogen and oxygen atoms in total. The van der Waals surface area contributed by atoms with Gasteiger partial charge in [-0.25, -0.2) is 8.42 Å². The lowest BCUT2D eigenvalue weighted by Crippen LogP contribution is -2.41. The van der Waals surface area contributed by atoms with Gasteiger partial charge in [-0.1, -0.05) is 22.4 Å². The Kier molecular flexibility index (Phi) is 5.00. The van der Waals surface area contributed by atoms with E-state index in [4.69, 9.17) is 10.7 Å². The molecular weight excluding hydrogens is 378 g/mol. The van der Waals surface area contributed by atoms with Crippen LogP contribution in [-0.4, -0.2) is 20.4 Å². The van der Waals surface area contributed by atoms with Gasteiger partial charge in [-0.2, -0.15) is 0 Å². The molecule has 116 valence electrons. The smallest absolute Gasteiger partial charge is 0.261 e. The molecule has 1 aliphatic carbocycles. The van der Waals surface area contributed by atoms with Crippen LogP contribution >= 0.6 is 26.6 Å². The van der Waals surface area contributed by atoms with E-state index in [1.165, 1.54) is 18.6 Å². The van der Waals surface area contributed by atoms with Crippen LogP contribution in [0.4, 0.5) is 0 Å². The first-order valence-electron chi connectivity index (χ1n) is 6.76. The van der Waals surface area contributed by atoms with Gasteiger partial charge in [0.15, 0.2) is 0 Å². The van der Waals surface area contributed by atoms with Gasteiger partial charge in [0.1, 0.15) is 0 Å². The predicted molar refractivity (Wildman–Crippen MR) is 86.2 cm³/mol. The first kappa shape index (κ1) is 16.8. The first-order chi connectivity index (χ1) is 9.70. The van der Waals surface area contributed by atoms with Crippen LogP contribution in [0.15, 0.2) is 21.5 Å². The molecular formula is C14H17BrClNO3S. The van der Waals surface area contributed by atoms with Crippen molar-refractivity contribution < 1.29 is 13.2 Å². The fourth-order valence-electron chi connectivity index (χ4n) is 2.37. The Balaban J connectivity index is 2.29. The fraction of sp³-hybridized carbons (Fsp3) is 0.500. The van der Waals surface area contributed by atoms with Crippen LogP contribution in [0, 0.1) is 12.8 Å². The molecule has 21 heavy (non-hydrogen) atoms. The van der Waals surface area contributed by atoms with Gasteiger partial charge in [0.05, 0.1) is 4.90 Å². The van der Waals surface area contributed by atoms with E-state index < -0.39 is 9.05 Å². The first-order valence-corrected chi connectivity index (χ1v) is 9.86. The van der Waals surface area contributed by atoms with E-state index in [1.807, 2.05) is 6.92 Å². The van der Waals surface area contributed by atoms with Gasteiger partial charge >= 0.3 is 0 Å². The van der Waals surface area contributed by atoms with Crippen molar-refractivity contribution in [3.8, 4) is 0 Å². The number of carbonyl (C=O) groups excluding carboxylic acids is 1. The molecule has 1 N–H and O–H groups in total. The highest BCUT2D eigenvalue weighted by molar-refractivity contribution is 9.10. The Bertz CT molecular complexity index is 671. The van der Waals surface area contributed by atoms with Gasteiger partial charge in [-0.05, 0) is 50.3 Å². The maximum Gasteiger partial charge on any atom is 0.261 e. The van der Waals surface area contributed by atoms with Crippen LogP contribution in [0.25, 0.3) is 0 Å². The predicted octanol–water partition coefficient (Wildman–Crippen LogP) is 3.60. The van der Waals surface area contributed by atoms with E-state index in [9.17, 15) is 13.2 Å². The summed E-state index contributed by atoms with van der Waals surface area (Å²) in [6.45, 7) is 3.74. The molecule has 1 aliphatic rings. The van der Waals surface area contributed by atoms with E-state index in [-0.39, 0.29) is 16.8 Å². The molecule has 0 aliphatic heterocycles. The minimum Gasteiger partial charge on any atom is -0.349 e. The van der Waals surface area contributed by atoms with E-state index in [1.54, 1.807) is 6.92 Å². The number of benzene rings is 1. The maximum atomic E-state index is 12.4. The number of hydrogen-bond acceptors (Lipinski definition) is 3. The van der Waals surface area contributed by atoms with Gasteiger partial charge in [-0.3, -0.25) is 4.79 Å². The fourth-order valence-corrected chi connectivity index (χ4v) is 3.77. The monoisotopic (exact) mass is 393 g/mol. The highest BCUT2D eigenvalue weighted by Gasteiger charge is 2.26. The Hall–Kier alpha value is -0.590. The van der Waals surface area contributed by atoms with Crippen LogP contribution in [0.2, 0.25) is 0 Å². The number of halogens is 2. The second-order valence-electron chi connectivity index (χ2n) is 5.47. The number of carbonyl (C=O) groups is 1. The molecule has 7 heteroatoms. The highest BCUT2D eigenvalue weighted by Crippen LogP contribution is 2.30. The highest BCUT2D eigenvalue weighted by atomic mass is 79.9. The summed E-state index contributed by atoms with van der Waals surface area (Å²) in [4.78, 5) is 12.3. The minimum absolute atomic E-state index is 0.0805. The molecule has 1 aromatic carbocycles. The Labute approximate surface area is 137 Å². The second-order valence-corrected chi connectivity index (χ2v) is 8.89. The van der Waals surface area contributed by atoms with Crippen LogP contribution < -0.4 is 5.32 Å². The minimum atomic E-state index is -3.87. The van der Waals surface area contributed by atoms with Crippen molar-refractivity contribution >= 4 is 41.6 Å². The molecule has 1 fully saturated rings. The zero-order valence-corrected chi connectivity index (χ0v) is 15.0. The van der Waals surface area contributed by atoms with Gasteiger partial charge in [0.2, 0.25) is 0 Å². The molecule has 0 radical (unpaired) electrons. The summed E-state index contributed by atoms with van der Waals surface area (Å²) in [7, 11) is 1.49. The third kappa shape index (κ3) is 3.79. The van der Waals surface area contributed by atoms with E-state index in [0.717, 1.165) is 12.8 Å². The van der Waals surface area contributed by atoms with Gasteiger partial charge in [-0.15, -0.1) is 0 Å². The van der Waals surface area contributed by atoms with Crippen molar-refractivity contribution in [3.63, 3.8) is 0 Å². The number of hydrogen-bond donors (Lipinski definition) is 1. The van der Waals surface area contributed by atoms with E-state index in [0.29, 0.717) is 21.5 Å². The summed E-state index contributed by atoms with van der Waals surface area (Å²) < 4.78 is 23.5. The lowest BCUT2D eigenvalue weighted by molar-refractivity contribution is 0.0908. The zero-order chi connectivity index (χ0) is 15.8. The summed E-state index contributed by atoms with van der Waals surface area (Å²) >= 11 is 3.27. The van der Waals surface area contributed by atoms with Crippen molar-refractivity contribution in [2.75, 3.05) is 0 Å². The molecule has 0 aromatic heterocycles. The summed E-state index contributed by atoms with van der Waals surface area (Å²) in [5, 5.41) is 2.95. The van der Waals surface area contributed by atoms with Crippen LogP contribution in [0.3, 0.4) is 0 Å². The molecule has 0 spiro atoms. The van der Waals surface area contributed by atoms with E-state index in [2.05, 4.69) is 21.2 Å².